The molecule has 0 spiro atoms. The van der Waals surface area contributed by atoms with Gasteiger partial charge in [-0.05, 0) is 44.6 Å². The molecule has 110 valence electrons. The second-order valence-corrected chi connectivity index (χ2v) is 5.66. The van der Waals surface area contributed by atoms with E-state index < -0.39 is 5.54 Å². The van der Waals surface area contributed by atoms with E-state index in [-0.39, 0.29) is 5.91 Å². The molecule has 1 saturated heterocycles. The summed E-state index contributed by atoms with van der Waals surface area (Å²) >= 11 is 0. The quantitative estimate of drug-likeness (QED) is 0.867. The van der Waals surface area contributed by atoms with Gasteiger partial charge in [0.05, 0.1) is 0 Å². The van der Waals surface area contributed by atoms with Gasteiger partial charge in [-0.2, -0.15) is 0 Å². The molecular formula is C15H23N3O2. The van der Waals surface area contributed by atoms with E-state index in [9.17, 15) is 4.79 Å². The molecule has 0 saturated carbocycles. The van der Waals surface area contributed by atoms with E-state index in [1.807, 2.05) is 38.4 Å². The minimum absolute atomic E-state index is 0.124. The highest BCUT2D eigenvalue weighted by Gasteiger charge is 2.35. The lowest BCUT2D eigenvalue weighted by Gasteiger charge is -2.31. The normalized spacial score (nSPS) is 18.0. The van der Waals surface area contributed by atoms with Crippen LogP contribution in [0.1, 0.15) is 18.4 Å². The predicted octanol–water partition coefficient (Wildman–Crippen LogP) is 1.19. The number of nitrogens with zero attached hydrogens (tertiary/aromatic N) is 1. The zero-order valence-electron chi connectivity index (χ0n) is 12.2. The average molecular weight is 277 g/mol. The molecule has 0 bridgehead atoms. The van der Waals surface area contributed by atoms with E-state index in [4.69, 9.17) is 10.5 Å². The second kappa shape index (κ2) is 6.35. The lowest BCUT2D eigenvalue weighted by molar-refractivity contribution is -0.124. The molecule has 0 atom stereocenters. The van der Waals surface area contributed by atoms with Crippen LogP contribution in [0.25, 0.3) is 0 Å². The Morgan fingerprint density at radius 3 is 2.45 bits per heavy atom. The molecule has 1 aliphatic heterocycles. The number of carbonyl (C=O) groups excluding carboxylic acids is 1. The minimum atomic E-state index is -0.805. The molecule has 1 aromatic rings. The Hall–Kier alpha value is -1.43. The maximum Gasteiger partial charge on any atom is 0.244 e. The summed E-state index contributed by atoms with van der Waals surface area (Å²) in [4.78, 5) is 14.4. The van der Waals surface area contributed by atoms with E-state index in [0.29, 0.717) is 26.1 Å². The Labute approximate surface area is 120 Å². The lowest BCUT2D eigenvalue weighted by Crippen LogP contribution is -2.54. The van der Waals surface area contributed by atoms with Crippen molar-refractivity contribution in [2.24, 2.45) is 5.73 Å². The van der Waals surface area contributed by atoms with Crippen LogP contribution < -0.4 is 11.1 Å². The third-order valence-electron chi connectivity index (χ3n) is 3.55. The van der Waals surface area contributed by atoms with Gasteiger partial charge >= 0.3 is 0 Å². The third kappa shape index (κ3) is 3.79. The molecule has 0 aromatic heterocycles. The van der Waals surface area contributed by atoms with Gasteiger partial charge in [-0.25, -0.2) is 0 Å². The highest BCUT2D eigenvalue weighted by atomic mass is 16.5. The molecule has 0 radical (unpaired) electrons. The van der Waals surface area contributed by atoms with E-state index in [1.165, 1.54) is 5.56 Å². The van der Waals surface area contributed by atoms with Crippen LogP contribution in [0.3, 0.4) is 0 Å². The molecule has 5 heteroatoms. The van der Waals surface area contributed by atoms with Crippen LogP contribution in [0.4, 0.5) is 5.69 Å². The molecule has 0 aliphatic carbocycles. The summed E-state index contributed by atoms with van der Waals surface area (Å²) in [6, 6.07) is 7.87. The first-order valence-electron chi connectivity index (χ1n) is 6.91. The number of hydrogen-bond donors (Lipinski definition) is 2. The summed E-state index contributed by atoms with van der Waals surface area (Å²) in [5.41, 5.74) is 7.34. The molecule has 1 amide bonds. The van der Waals surface area contributed by atoms with E-state index in [2.05, 4.69) is 10.2 Å². The Morgan fingerprint density at radius 1 is 1.30 bits per heavy atom. The Bertz CT molecular complexity index is 451. The molecule has 5 nitrogen and oxygen atoms in total. The van der Waals surface area contributed by atoms with Crippen molar-refractivity contribution in [2.45, 2.75) is 24.9 Å². The number of ether oxygens (including phenoxy) is 1. The fraction of sp³-hybridized carbons (Fsp3) is 0.533. The fourth-order valence-corrected chi connectivity index (χ4v) is 2.28. The molecule has 0 unspecified atom stereocenters. The zero-order valence-corrected chi connectivity index (χ0v) is 12.2. The number of hydrogen-bond acceptors (Lipinski definition) is 4. The first kappa shape index (κ1) is 15.0. The largest absolute Gasteiger partial charge is 0.381 e. The van der Waals surface area contributed by atoms with Crippen LogP contribution >= 0.6 is 0 Å². The van der Waals surface area contributed by atoms with Crippen molar-refractivity contribution in [3.8, 4) is 0 Å². The van der Waals surface area contributed by atoms with Gasteiger partial charge in [-0.3, -0.25) is 4.79 Å². The van der Waals surface area contributed by atoms with Crippen molar-refractivity contribution in [1.82, 2.24) is 4.90 Å². The number of rotatable bonds is 4. The van der Waals surface area contributed by atoms with Crippen LogP contribution in [-0.2, 0) is 16.1 Å². The SMILES string of the molecule is CN(C)Cc1ccc(NC(=O)C2(N)CCOCC2)cc1. The summed E-state index contributed by atoms with van der Waals surface area (Å²) in [5, 5.41) is 2.90. The molecule has 1 heterocycles. The Kier molecular flexibility index (Phi) is 4.75. The number of amides is 1. The number of benzene rings is 1. The van der Waals surface area contributed by atoms with Gasteiger partial charge in [-0.15, -0.1) is 0 Å². The third-order valence-corrected chi connectivity index (χ3v) is 3.55. The van der Waals surface area contributed by atoms with Crippen LogP contribution in [0.2, 0.25) is 0 Å². The van der Waals surface area contributed by atoms with E-state index in [1.54, 1.807) is 0 Å². The molecule has 20 heavy (non-hydrogen) atoms. The van der Waals surface area contributed by atoms with Gasteiger partial charge < -0.3 is 20.7 Å². The molecule has 1 fully saturated rings. The van der Waals surface area contributed by atoms with Gasteiger partial charge in [0.2, 0.25) is 5.91 Å². The van der Waals surface area contributed by atoms with Crippen LogP contribution in [0.5, 0.6) is 0 Å². The lowest BCUT2D eigenvalue weighted by atomic mass is 9.90. The van der Waals surface area contributed by atoms with Gasteiger partial charge in [-0.1, -0.05) is 12.1 Å². The first-order chi connectivity index (χ1) is 9.49. The van der Waals surface area contributed by atoms with Crippen molar-refractivity contribution in [3.05, 3.63) is 29.8 Å². The van der Waals surface area contributed by atoms with Crippen molar-refractivity contribution in [3.63, 3.8) is 0 Å². The zero-order chi connectivity index (χ0) is 14.6. The van der Waals surface area contributed by atoms with Crippen LogP contribution in [0, 0.1) is 0 Å². The van der Waals surface area contributed by atoms with Gasteiger partial charge in [0.15, 0.2) is 0 Å². The van der Waals surface area contributed by atoms with E-state index >= 15 is 0 Å². The van der Waals surface area contributed by atoms with Gasteiger partial charge in [0.25, 0.3) is 0 Å². The van der Waals surface area contributed by atoms with Crippen LogP contribution in [-0.4, -0.2) is 43.7 Å². The van der Waals surface area contributed by atoms with E-state index in [0.717, 1.165) is 12.2 Å². The smallest absolute Gasteiger partial charge is 0.244 e. The summed E-state index contributed by atoms with van der Waals surface area (Å²) < 4.78 is 5.25. The van der Waals surface area contributed by atoms with Crippen molar-refractivity contribution >= 4 is 11.6 Å². The number of nitrogens with two attached hydrogens (primary N) is 1. The molecular weight excluding hydrogens is 254 g/mol. The summed E-state index contributed by atoms with van der Waals surface area (Å²) in [5.74, 6) is -0.124. The number of nitrogens with one attached hydrogen (secondary N) is 1. The number of carbonyl (C=O) groups is 1. The summed E-state index contributed by atoms with van der Waals surface area (Å²) in [6.45, 7) is 1.98. The Balaban J connectivity index is 1.97. The predicted molar refractivity (Wildman–Crippen MR) is 79.4 cm³/mol. The van der Waals surface area contributed by atoms with Crippen molar-refractivity contribution in [1.29, 1.82) is 0 Å². The molecule has 1 aromatic carbocycles. The molecule has 2 rings (SSSR count). The highest BCUT2D eigenvalue weighted by molar-refractivity contribution is 5.98. The van der Waals surface area contributed by atoms with Crippen LogP contribution in [0.15, 0.2) is 24.3 Å². The van der Waals surface area contributed by atoms with Crippen molar-refractivity contribution < 1.29 is 9.53 Å². The average Bonchev–Trinajstić information content (AvgIpc) is 2.41. The van der Waals surface area contributed by atoms with Gasteiger partial charge in [0.1, 0.15) is 5.54 Å². The summed E-state index contributed by atoms with van der Waals surface area (Å²) in [7, 11) is 4.05. The fourth-order valence-electron chi connectivity index (χ4n) is 2.28. The molecule has 1 aliphatic rings. The van der Waals surface area contributed by atoms with Gasteiger partial charge in [0, 0.05) is 25.4 Å². The van der Waals surface area contributed by atoms with Crippen molar-refractivity contribution in [2.75, 3.05) is 32.6 Å². The molecule has 3 N–H and O–H groups in total. The standard InChI is InChI=1S/C15H23N3O2/c1-18(2)11-12-3-5-13(6-4-12)17-14(19)15(16)7-9-20-10-8-15/h3-6H,7-11,16H2,1-2H3,(H,17,19). The summed E-state index contributed by atoms with van der Waals surface area (Å²) in [6.07, 6.45) is 1.13. The Morgan fingerprint density at radius 2 is 1.90 bits per heavy atom. The minimum Gasteiger partial charge on any atom is -0.381 e. The highest BCUT2D eigenvalue weighted by Crippen LogP contribution is 2.20. The monoisotopic (exact) mass is 277 g/mol. The maximum atomic E-state index is 12.3. The second-order valence-electron chi connectivity index (χ2n) is 5.66. The number of anilines is 1. The maximum absolute atomic E-state index is 12.3. The first-order valence-corrected chi connectivity index (χ1v) is 6.91. The topological polar surface area (TPSA) is 67.6 Å².